The topological polar surface area (TPSA) is 38.8 Å². The minimum atomic E-state index is -0.347. The summed E-state index contributed by atoms with van der Waals surface area (Å²) in [5.74, 6) is -0.347. The molecule has 1 heterocycles. The molecule has 2 aromatic rings. The molecule has 19 heavy (non-hydrogen) atoms. The zero-order valence-corrected chi connectivity index (χ0v) is 10.5. The van der Waals surface area contributed by atoms with Crippen LogP contribution in [0, 0.1) is 5.82 Å². The summed E-state index contributed by atoms with van der Waals surface area (Å²) in [7, 11) is 0. The van der Waals surface area contributed by atoms with E-state index in [1.54, 1.807) is 42.5 Å². The highest BCUT2D eigenvalue weighted by Gasteiger charge is 2.20. The van der Waals surface area contributed by atoms with Crippen molar-refractivity contribution >= 4 is 23.0 Å². The van der Waals surface area contributed by atoms with Crippen molar-refractivity contribution in [2.75, 3.05) is 0 Å². The minimum Gasteiger partial charge on any atom is -0.206 e. The fourth-order valence-electron chi connectivity index (χ4n) is 1.84. The first-order valence-corrected chi connectivity index (χ1v) is 6.00. The molecule has 0 spiro atoms. The van der Waals surface area contributed by atoms with Crippen molar-refractivity contribution in [1.82, 2.24) is 5.43 Å². The van der Waals surface area contributed by atoms with E-state index in [0.29, 0.717) is 22.0 Å². The molecule has 3 rings (SSSR count). The van der Waals surface area contributed by atoms with Gasteiger partial charge in [-0.1, -0.05) is 35.9 Å². The average molecular weight is 273 g/mol. The summed E-state index contributed by atoms with van der Waals surface area (Å²) in [5, 5.41) is 8.18. The SMILES string of the molecule is Fc1ccccc1C1=C(c2ccc(Cl)cc2)[N]N=N1. The molecule has 0 aliphatic carbocycles. The van der Waals surface area contributed by atoms with E-state index in [9.17, 15) is 4.39 Å². The third-order valence-corrected chi connectivity index (χ3v) is 3.01. The van der Waals surface area contributed by atoms with Gasteiger partial charge in [0.05, 0.1) is 0 Å². The van der Waals surface area contributed by atoms with Crippen LogP contribution in [-0.4, -0.2) is 0 Å². The van der Waals surface area contributed by atoms with E-state index in [2.05, 4.69) is 15.8 Å². The highest BCUT2D eigenvalue weighted by Crippen LogP contribution is 2.32. The monoisotopic (exact) mass is 272 g/mol. The summed E-state index contributed by atoms with van der Waals surface area (Å²) in [4.78, 5) is 0. The second-order valence-corrected chi connectivity index (χ2v) is 4.41. The zero-order valence-electron chi connectivity index (χ0n) is 9.72. The van der Waals surface area contributed by atoms with Crippen molar-refractivity contribution in [2.45, 2.75) is 0 Å². The molecule has 0 saturated heterocycles. The lowest BCUT2D eigenvalue weighted by Crippen LogP contribution is -1.95. The molecule has 1 aliphatic heterocycles. The molecular weight excluding hydrogens is 265 g/mol. The number of halogens is 2. The molecule has 0 N–H and O–H groups in total. The van der Waals surface area contributed by atoms with Crippen LogP contribution >= 0.6 is 11.6 Å². The van der Waals surface area contributed by atoms with Crippen LogP contribution in [-0.2, 0) is 0 Å². The standard InChI is InChI=1S/C14H8ClFN3/c15-10-7-5-9(6-8-10)13-14(18-19-17-13)11-3-1-2-4-12(11)16/h1-8H. The van der Waals surface area contributed by atoms with E-state index < -0.39 is 0 Å². The number of rotatable bonds is 2. The number of nitrogens with zero attached hydrogens (tertiary/aromatic N) is 3. The molecule has 5 heteroatoms. The smallest absolute Gasteiger partial charge is 0.132 e. The first-order valence-electron chi connectivity index (χ1n) is 5.62. The molecule has 0 saturated carbocycles. The molecule has 0 bridgehead atoms. The predicted molar refractivity (Wildman–Crippen MR) is 71.7 cm³/mol. The summed E-state index contributed by atoms with van der Waals surface area (Å²) in [6, 6.07) is 13.5. The summed E-state index contributed by atoms with van der Waals surface area (Å²) >= 11 is 5.84. The highest BCUT2D eigenvalue weighted by molar-refractivity contribution is 6.30. The van der Waals surface area contributed by atoms with Crippen molar-refractivity contribution in [2.24, 2.45) is 10.3 Å². The van der Waals surface area contributed by atoms with Gasteiger partial charge in [-0.05, 0) is 29.5 Å². The fraction of sp³-hybridized carbons (Fsp3) is 0. The molecule has 0 fully saturated rings. The largest absolute Gasteiger partial charge is 0.206 e. The van der Waals surface area contributed by atoms with E-state index in [4.69, 9.17) is 11.6 Å². The molecule has 1 radical (unpaired) electrons. The van der Waals surface area contributed by atoms with Crippen LogP contribution in [0.3, 0.4) is 0 Å². The van der Waals surface area contributed by atoms with E-state index in [-0.39, 0.29) is 5.82 Å². The summed E-state index contributed by atoms with van der Waals surface area (Å²) in [6.07, 6.45) is 0. The molecule has 93 valence electrons. The predicted octanol–water partition coefficient (Wildman–Crippen LogP) is 4.29. The molecule has 0 aromatic heterocycles. The number of hydrogen-bond donors (Lipinski definition) is 0. The second kappa shape index (κ2) is 4.82. The maximum Gasteiger partial charge on any atom is 0.132 e. The Hall–Kier alpha value is -2.20. The van der Waals surface area contributed by atoms with Crippen LogP contribution in [0.2, 0.25) is 5.02 Å². The Kier molecular flexibility index (Phi) is 3.01. The van der Waals surface area contributed by atoms with Crippen LogP contribution in [0.1, 0.15) is 11.1 Å². The van der Waals surface area contributed by atoms with Gasteiger partial charge >= 0.3 is 0 Å². The van der Waals surface area contributed by atoms with Crippen molar-refractivity contribution in [3.05, 3.63) is 70.5 Å². The molecule has 0 unspecified atom stereocenters. The summed E-state index contributed by atoms with van der Waals surface area (Å²) in [5.41, 5.74) is 6.12. The number of hydrogen-bond acceptors (Lipinski definition) is 2. The first kappa shape index (κ1) is 11.9. The van der Waals surface area contributed by atoms with E-state index in [1.807, 2.05) is 0 Å². The lowest BCUT2D eigenvalue weighted by Gasteiger charge is -2.04. The Morgan fingerprint density at radius 3 is 2.37 bits per heavy atom. The third-order valence-electron chi connectivity index (χ3n) is 2.76. The van der Waals surface area contributed by atoms with Crippen molar-refractivity contribution in [3.63, 3.8) is 0 Å². The molecule has 3 nitrogen and oxygen atoms in total. The Labute approximate surface area is 114 Å². The third kappa shape index (κ3) is 2.22. The molecule has 2 aromatic carbocycles. The molecule has 0 amide bonds. The van der Waals surface area contributed by atoms with Crippen molar-refractivity contribution in [1.29, 1.82) is 0 Å². The zero-order chi connectivity index (χ0) is 13.2. The first-order chi connectivity index (χ1) is 9.25. The quantitative estimate of drug-likeness (QED) is 0.782. The maximum atomic E-state index is 13.8. The van der Waals surface area contributed by atoms with Gasteiger partial charge in [0.1, 0.15) is 17.2 Å². The van der Waals surface area contributed by atoms with Crippen LogP contribution in [0.15, 0.2) is 58.9 Å². The van der Waals surface area contributed by atoms with Gasteiger partial charge in [0.2, 0.25) is 0 Å². The Morgan fingerprint density at radius 2 is 1.63 bits per heavy atom. The summed E-state index contributed by atoms with van der Waals surface area (Å²) < 4.78 is 13.8. The van der Waals surface area contributed by atoms with Crippen molar-refractivity contribution in [3.8, 4) is 0 Å². The van der Waals surface area contributed by atoms with Gasteiger partial charge < -0.3 is 0 Å². The summed E-state index contributed by atoms with van der Waals surface area (Å²) in [6.45, 7) is 0. The van der Waals surface area contributed by atoms with Gasteiger partial charge in [-0.3, -0.25) is 0 Å². The average Bonchev–Trinajstić information content (AvgIpc) is 2.89. The van der Waals surface area contributed by atoms with Gasteiger partial charge in [-0.25, -0.2) is 4.39 Å². The molecular formula is C14H8ClFN3. The molecule has 1 aliphatic rings. The highest BCUT2D eigenvalue weighted by atomic mass is 35.5. The number of benzene rings is 2. The van der Waals surface area contributed by atoms with Gasteiger partial charge in [0, 0.05) is 16.1 Å². The van der Waals surface area contributed by atoms with E-state index in [0.717, 1.165) is 5.56 Å². The van der Waals surface area contributed by atoms with Gasteiger partial charge in [-0.15, -0.1) is 10.5 Å². The van der Waals surface area contributed by atoms with Gasteiger partial charge in [0.15, 0.2) is 0 Å². The maximum absolute atomic E-state index is 13.8. The Morgan fingerprint density at radius 1 is 0.895 bits per heavy atom. The second-order valence-electron chi connectivity index (χ2n) is 3.97. The Balaban J connectivity index is 2.12. The van der Waals surface area contributed by atoms with Crippen molar-refractivity contribution < 1.29 is 4.39 Å². The lowest BCUT2D eigenvalue weighted by molar-refractivity contribution is 0.623. The van der Waals surface area contributed by atoms with Crippen LogP contribution < -0.4 is 5.43 Å². The van der Waals surface area contributed by atoms with E-state index >= 15 is 0 Å². The van der Waals surface area contributed by atoms with Crippen LogP contribution in [0.25, 0.3) is 11.4 Å². The normalized spacial score (nSPS) is 13.8. The van der Waals surface area contributed by atoms with Crippen LogP contribution in [0.5, 0.6) is 0 Å². The Bertz CT molecular complexity index is 677. The van der Waals surface area contributed by atoms with E-state index in [1.165, 1.54) is 6.07 Å². The minimum absolute atomic E-state index is 0.347. The van der Waals surface area contributed by atoms with Gasteiger partial charge in [-0.2, -0.15) is 0 Å². The van der Waals surface area contributed by atoms with Crippen LogP contribution in [0.4, 0.5) is 4.39 Å². The molecule has 0 atom stereocenters. The van der Waals surface area contributed by atoms with Gasteiger partial charge in [0.25, 0.3) is 0 Å². The lowest BCUT2D eigenvalue weighted by atomic mass is 10.1. The fourth-order valence-corrected chi connectivity index (χ4v) is 1.97.